The molecule has 1 aromatic rings. The first-order valence-electron chi connectivity index (χ1n) is 5.51. The number of imide groups is 1. The van der Waals surface area contributed by atoms with Gasteiger partial charge in [0.2, 0.25) is 0 Å². The molecule has 1 atom stereocenters. The predicted octanol–water partition coefficient (Wildman–Crippen LogP) is 2.67. The highest BCUT2D eigenvalue weighted by Gasteiger charge is 2.46. The summed E-state index contributed by atoms with van der Waals surface area (Å²) in [6.45, 7) is 0. The van der Waals surface area contributed by atoms with Gasteiger partial charge in [-0.25, -0.2) is 14.5 Å². The molecule has 106 valence electrons. The Hall–Kier alpha value is -1.11. The van der Waals surface area contributed by atoms with E-state index in [9.17, 15) is 14.4 Å². The molecule has 0 aromatic heterocycles. The van der Waals surface area contributed by atoms with Crippen LogP contribution in [0.3, 0.4) is 0 Å². The first-order valence-corrected chi connectivity index (χ1v) is 7.18. The standard InChI is InChI=1S/C12H8BrCl2NO4/c13-7-3-1-6(2-4-7)5-8-11(18)20-12(19)16(8)10(17)9(14)15/h1-4,8-9H,5H2. The van der Waals surface area contributed by atoms with Crippen LogP contribution in [0.4, 0.5) is 4.79 Å². The molecule has 0 bridgehead atoms. The number of alkyl halides is 2. The molecule has 1 aliphatic heterocycles. The van der Waals surface area contributed by atoms with Crippen molar-refractivity contribution in [2.24, 2.45) is 0 Å². The van der Waals surface area contributed by atoms with Gasteiger partial charge in [-0.3, -0.25) is 4.79 Å². The largest absolute Gasteiger partial charge is 0.425 e. The topological polar surface area (TPSA) is 63.7 Å². The van der Waals surface area contributed by atoms with Crippen LogP contribution in [-0.4, -0.2) is 33.7 Å². The molecule has 1 unspecified atom stereocenters. The Morgan fingerprint density at radius 2 is 1.90 bits per heavy atom. The molecule has 2 amide bonds. The molecule has 2 rings (SSSR count). The van der Waals surface area contributed by atoms with Crippen molar-refractivity contribution in [3.8, 4) is 0 Å². The third-order valence-electron chi connectivity index (χ3n) is 2.73. The number of nitrogens with zero attached hydrogens (tertiary/aromatic N) is 1. The van der Waals surface area contributed by atoms with Gasteiger partial charge in [-0.05, 0) is 17.7 Å². The zero-order valence-corrected chi connectivity index (χ0v) is 13.0. The Balaban J connectivity index is 2.23. The summed E-state index contributed by atoms with van der Waals surface area (Å²) in [6.07, 6.45) is -0.905. The van der Waals surface area contributed by atoms with Crippen molar-refractivity contribution in [1.29, 1.82) is 0 Å². The fraction of sp³-hybridized carbons (Fsp3) is 0.250. The zero-order chi connectivity index (χ0) is 14.9. The van der Waals surface area contributed by atoms with E-state index in [4.69, 9.17) is 23.2 Å². The Bertz CT molecular complexity index is 561. The summed E-state index contributed by atoms with van der Waals surface area (Å²) in [5.41, 5.74) is 0.767. The van der Waals surface area contributed by atoms with Gasteiger partial charge in [-0.15, -0.1) is 0 Å². The molecule has 0 saturated carbocycles. The van der Waals surface area contributed by atoms with Crippen molar-refractivity contribution >= 4 is 57.1 Å². The number of ether oxygens (including phenoxy) is 1. The molecule has 20 heavy (non-hydrogen) atoms. The highest BCUT2D eigenvalue weighted by molar-refractivity contribution is 9.10. The van der Waals surface area contributed by atoms with E-state index >= 15 is 0 Å². The number of halogens is 3. The van der Waals surface area contributed by atoms with Gasteiger partial charge in [-0.1, -0.05) is 51.3 Å². The van der Waals surface area contributed by atoms with E-state index in [1.54, 1.807) is 24.3 Å². The van der Waals surface area contributed by atoms with Crippen LogP contribution in [0.1, 0.15) is 5.56 Å². The van der Waals surface area contributed by atoms with Gasteiger partial charge in [0.15, 0.2) is 4.84 Å². The lowest BCUT2D eigenvalue weighted by molar-refractivity contribution is -0.138. The molecule has 1 saturated heterocycles. The van der Waals surface area contributed by atoms with Crippen molar-refractivity contribution in [3.05, 3.63) is 34.3 Å². The lowest BCUT2D eigenvalue weighted by Crippen LogP contribution is -2.43. The van der Waals surface area contributed by atoms with E-state index in [1.165, 1.54) is 0 Å². The molecule has 0 spiro atoms. The Morgan fingerprint density at radius 3 is 2.45 bits per heavy atom. The molecule has 8 heteroatoms. The average Bonchev–Trinajstić information content (AvgIpc) is 2.66. The number of cyclic esters (lactones) is 2. The Labute approximate surface area is 132 Å². The van der Waals surface area contributed by atoms with E-state index in [1.807, 2.05) is 0 Å². The smallest absolute Gasteiger partial charge is 0.374 e. The van der Waals surface area contributed by atoms with Crippen molar-refractivity contribution in [1.82, 2.24) is 4.90 Å². The van der Waals surface area contributed by atoms with Crippen LogP contribution in [0.15, 0.2) is 28.7 Å². The van der Waals surface area contributed by atoms with E-state index in [-0.39, 0.29) is 6.42 Å². The second-order valence-corrected chi connectivity index (χ2v) is 6.05. The number of carbonyl (C=O) groups is 3. The SMILES string of the molecule is O=C1OC(=O)N(C(=O)C(Cl)Cl)C1Cc1ccc(Br)cc1. The van der Waals surface area contributed by atoms with Gasteiger partial charge in [0.25, 0.3) is 5.91 Å². The molecule has 1 aliphatic rings. The van der Waals surface area contributed by atoms with Crippen molar-refractivity contribution < 1.29 is 19.1 Å². The summed E-state index contributed by atoms with van der Waals surface area (Å²) in [5, 5.41) is 0. The van der Waals surface area contributed by atoms with Crippen LogP contribution in [-0.2, 0) is 20.7 Å². The van der Waals surface area contributed by atoms with Gasteiger partial charge in [0, 0.05) is 10.9 Å². The van der Waals surface area contributed by atoms with Crippen LogP contribution in [0.2, 0.25) is 0 Å². The Morgan fingerprint density at radius 1 is 1.30 bits per heavy atom. The summed E-state index contributed by atoms with van der Waals surface area (Å²) in [7, 11) is 0. The van der Waals surface area contributed by atoms with Crippen LogP contribution < -0.4 is 0 Å². The summed E-state index contributed by atoms with van der Waals surface area (Å²) < 4.78 is 5.33. The zero-order valence-electron chi connectivity index (χ0n) is 9.89. The second kappa shape index (κ2) is 6.11. The third-order valence-corrected chi connectivity index (χ3v) is 3.64. The van der Waals surface area contributed by atoms with E-state index in [0.717, 1.165) is 10.0 Å². The van der Waals surface area contributed by atoms with Gasteiger partial charge in [0.05, 0.1) is 0 Å². The number of benzene rings is 1. The monoisotopic (exact) mass is 379 g/mol. The summed E-state index contributed by atoms with van der Waals surface area (Å²) in [5.74, 6) is -1.66. The van der Waals surface area contributed by atoms with Crippen LogP contribution in [0.25, 0.3) is 0 Å². The molecule has 0 radical (unpaired) electrons. The summed E-state index contributed by atoms with van der Waals surface area (Å²) >= 11 is 14.2. The number of hydrogen-bond donors (Lipinski definition) is 0. The molecule has 0 N–H and O–H groups in total. The third kappa shape index (κ3) is 3.13. The highest BCUT2D eigenvalue weighted by atomic mass is 79.9. The maximum absolute atomic E-state index is 11.8. The second-order valence-electron chi connectivity index (χ2n) is 4.04. The quantitative estimate of drug-likeness (QED) is 0.459. The molecule has 5 nitrogen and oxygen atoms in total. The number of hydrogen-bond acceptors (Lipinski definition) is 4. The van der Waals surface area contributed by atoms with Gasteiger partial charge < -0.3 is 4.74 Å². The molecule has 0 aliphatic carbocycles. The van der Waals surface area contributed by atoms with Gasteiger partial charge in [-0.2, -0.15) is 0 Å². The van der Waals surface area contributed by atoms with Crippen LogP contribution in [0.5, 0.6) is 0 Å². The minimum absolute atomic E-state index is 0.143. The van der Waals surface area contributed by atoms with E-state index in [0.29, 0.717) is 4.90 Å². The average molecular weight is 381 g/mol. The normalized spacial score (nSPS) is 18.6. The maximum atomic E-state index is 11.8. The van der Waals surface area contributed by atoms with E-state index < -0.39 is 28.8 Å². The lowest BCUT2D eigenvalue weighted by atomic mass is 10.1. The molecule has 1 aromatic carbocycles. The lowest BCUT2D eigenvalue weighted by Gasteiger charge is -2.18. The maximum Gasteiger partial charge on any atom is 0.425 e. The first-order chi connectivity index (χ1) is 9.40. The fourth-order valence-corrected chi connectivity index (χ4v) is 2.28. The van der Waals surface area contributed by atoms with E-state index in [2.05, 4.69) is 20.7 Å². The van der Waals surface area contributed by atoms with Gasteiger partial charge in [0.1, 0.15) is 6.04 Å². The van der Waals surface area contributed by atoms with Crippen LogP contribution in [0, 0.1) is 0 Å². The molecular formula is C12H8BrCl2NO4. The first kappa shape index (κ1) is 15.3. The predicted molar refractivity (Wildman–Crippen MR) is 75.5 cm³/mol. The minimum atomic E-state index is -1.43. The van der Waals surface area contributed by atoms with Crippen molar-refractivity contribution in [3.63, 3.8) is 0 Å². The minimum Gasteiger partial charge on any atom is -0.374 e. The van der Waals surface area contributed by atoms with Crippen molar-refractivity contribution in [2.75, 3.05) is 0 Å². The fourth-order valence-electron chi connectivity index (χ4n) is 1.80. The summed E-state index contributed by atoms with van der Waals surface area (Å²) in [4.78, 5) is 34.2. The molecule has 1 fully saturated rings. The summed E-state index contributed by atoms with van der Waals surface area (Å²) in [6, 6.07) is 6.06. The van der Waals surface area contributed by atoms with Gasteiger partial charge >= 0.3 is 12.1 Å². The van der Waals surface area contributed by atoms with Crippen molar-refractivity contribution in [2.45, 2.75) is 17.3 Å². The molecular weight excluding hydrogens is 373 g/mol. The van der Waals surface area contributed by atoms with Crippen LogP contribution >= 0.6 is 39.1 Å². The highest BCUT2D eigenvalue weighted by Crippen LogP contribution is 2.22. The molecule has 1 heterocycles. The number of amides is 2. The number of carbonyl (C=O) groups excluding carboxylic acids is 3. The number of rotatable bonds is 3. The number of esters is 1. The Kier molecular flexibility index (Phi) is 4.67.